The summed E-state index contributed by atoms with van der Waals surface area (Å²) in [5.74, 6) is -1.45. The van der Waals surface area contributed by atoms with Gasteiger partial charge in [-0.25, -0.2) is 4.79 Å². The predicted molar refractivity (Wildman–Crippen MR) is 118 cm³/mol. The van der Waals surface area contributed by atoms with Crippen molar-refractivity contribution in [3.8, 4) is 0 Å². The minimum absolute atomic E-state index is 0.0852. The van der Waals surface area contributed by atoms with Gasteiger partial charge in [0.05, 0.1) is 13.2 Å². The second kappa shape index (κ2) is 8.95. The second-order valence-corrected chi connectivity index (χ2v) is 11.9. The fourth-order valence-electron chi connectivity index (χ4n) is 6.75. The van der Waals surface area contributed by atoms with Crippen molar-refractivity contribution in [2.24, 2.45) is 17.3 Å². The standard InChI is InChI=1S/C24H30F2O7S/c1-16-2-4-19(5-3-16)23-11-17-8-18(12-23)10-22(9-17,14-23)15-33-21(28)13-32-7-6-20(27)24(25,26)34(29,30)31/h2-5,17-18H,6-15H2,1H3,(H,29,30,31). The van der Waals surface area contributed by atoms with Crippen molar-refractivity contribution >= 4 is 21.9 Å². The number of esters is 1. The first kappa shape index (κ1) is 25.2. The molecule has 2 atom stereocenters. The highest BCUT2D eigenvalue weighted by molar-refractivity contribution is 7.87. The van der Waals surface area contributed by atoms with Gasteiger partial charge in [-0.05, 0) is 68.3 Å². The first-order valence-corrected chi connectivity index (χ1v) is 13.0. The molecule has 7 nitrogen and oxygen atoms in total. The molecule has 0 aliphatic heterocycles. The van der Waals surface area contributed by atoms with Crippen LogP contribution in [0.15, 0.2) is 24.3 Å². The highest BCUT2D eigenvalue weighted by atomic mass is 32.2. The predicted octanol–water partition coefficient (Wildman–Crippen LogP) is 3.83. The van der Waals surface area contributed by atoms with Crippen LogP contribution in [0.5, 0.6) is 0 Å². The molecule has 4 saturated carbocycles. The maximum Gasteiger partial charge on any atom is 0.426 e. The number of ketones is 1. The molecule has 34 heavy (non-hydrogen) atoms. The van der Waals surface area contributed by atoms with Crippen molar-refractivity contribution in [2.75, 3.05) is 19.8 Å². The number of carbonyl (C=O) groups is 2. The lowest BCUT2D eigenvalue weighted by Crippen LogP contribution is -2.55. The van der Waals surface area contributed by atoms with Crippen LogP contribution in [-0.4, -0.2) is 49.8 Å². The first-order valence-electron chi connectivity index (χ1n) is 11.5. The number of aryl methyl sites for hydroxylation is 1. The molecule has 2 unspecified atom stereocenters. The summed E-state index contributed by atoms with van der Waals surface area (Å²) in [6.45, 7) is 1.22. The van der Waals surface area contributed by atoms with Crippen molar-refractivity contribution in [2.45, 2.75) is 62.5 Å². The largest absolute Gasteiger partial charge is 0.463 e. The summed E-state index contributed by atoms with van der Waals surface area (Å²) >= 11 is 0. The fraction of sp³-hybridized carbons (Fsp3) is 0.667. The molecule has 0 radical (unpaired) electrons. The topological polar surface area (TPSA) is 107 Å². The molecule has 4 aliphatic rings. The average Bonchev–Trinajstić information content (AvgIpc) is 2.74. The Kier molecular flexibility index (Phi) is 6.63. The summed E-state index contributed by atoms with van der Waals surface area (Å²) in [6.07, 6.45) is 5.57. The smallest absolute Gasteiger partial charge is 0.426 e. The van der Waals surface area contributed by atoms with E-state index >= 15 is 0 Å². The summed E-state index contributed by atoms with van der Waals surface area (Å²) in [7, 11) is -5.84. The lowest BCUT2D eigenvalue weighted by atomic mass is 9.43. The van der Waals surface area contributed by atoms with Gasteiger partial charge in [0.1, 0.15) is 6.61 Å². The zero-order valence-electron chi connectivity index (χ0n) is 19.1. The molecule has 0 spiro atoms. The molecule has 188 valence electrons. The van der Waals surface area contributed by atoms with Gasteiger partial charge in [0, 0.05) is 11.8 Å². The summed E-state index contributed by atoms with van der Waals surface area (Å²) in [6, 6.07) is 8.74. The molecular weight excluding hydrogens is 470 g/mol. The molecule has 4 bridgehead atoms. The van der Waals surface area contributed by atoms with Crippen molar-refractivity contribution in [1.82, 2.24) is 0 Å². The number of benzene rings is 1. The molecule has 0 heterocycles. The van der Waals surface area contributed by atoms with Crippen LogP contribution in [0.25, 0.3) is 0 Å². The van der Waals surface area contributed by atoms with E-state index in [1.807, 2.05) is 0 Å². The van der Waals surface area contributed by atoms with E-state index in [9.17, 15) is 26.8 Å². The van der Waals surface area contributed by atoms with Crippen LogP contribution < -0.4 is 0 Å². The van der Waals surface area contributed by atoms with E-state index in [1.165, 1.54) is 17.5 Å². The van der Waals surface area contributed by atoms with Crippen molar-refractivity contribution < 1.29 is 40.8 Å². The maximum absolute atomic E-state index is 13.2. The SMILES string of the molecule is Cc1ccc(C23CC4CC(CC(COC(=O)COCCC(=O)C(F)(F)S(=O)(=O)O)(C4)C2)C3)cc1. The van der Waals surface area contributed by atoms with Gasteiger partial charge in [-0.15, -0.1) is 0 Å². The summed E-state index contributed by atoms with van der Waals surface area (Å²) in [5.41, 5.74) is 2.61. The van der Waals surface area contributed by atoms with Crippen LogP contribution in [0.2, 0.25) is 0 Å². The molecule has 10 heteroatoms. The van der Waals surface area contributed by atoms with E-state index in [0.717, 1.165) is 32.1 Å². The van der Waals surface area contributed by atoms with Crippen LogP contribution >= 0.6 is 0 Å². The van der Waals surface area contributed by atoms with E-state index in [1.54, 1.807) is 0 Å². The number of Topliss-reactive ketones (excluding diaryl/α,β-unsaturated/α-hetero) is 1. The van der Waals surface area contributed by atoms with Gasteiger partial charge in [-0.2, -0.15) is 17.2 Å². The Hall–Kier alpha value is -1.91. The summed E-state index contributed by atoms with van der Waals surface area (Å²) in [5, 5.41) is -4.90. The Bertz CT molecular complexity index is 1040. The molecular formula is C24H30F2O7S. The normalized spacial score (nSPS) is 30.4. The Morgan fingerprint density at radius 3 is 2.32 bits per heavy atom. The van der Waals surface area contributed by atoms with Crippen LogP contribution in [0.3, 0.4) is 0 Å². The minimum atomic E-state index is -5.84. The lowest BCUT2D eigenvalue weighted by Gasteiger charge is -2.62. The van der Waals surface area contributed by atoms with E-state index < -0.39 is 46.8 Å². The highest BCUT2D eigenvalue weighted by Gasteiger charge is 2.58. The monoisotopic (exact) mass is 500 g/mol. The molecule has 0 saturated heterocycles. The van der Waals surface area contributed by atoms with E-state index in [4.69, 9.17) is 14.0 Å². The number of carbonyl (C=O) groups excluding carboxylic acids is 2. The first-order chi connectivity index (χ1) is 15.8. The van der Waals surface area contributed by atoms with Gasteiger partial charge in [-0.3, -0.25) is 9.35 Å². The molecule has 0 amide bonds. The third-order valence-corrected chi connectivity index (χ3v) is 8.60. The van der Waals surface area contributed by atoms with Gasteiger partial charge in [0.2, 0.25) is 5.78 Å². The van der Waals surface area contributed by atoms with Gasteiger partial charge in [-0.1, -0.05) is 29.8 Å². The average molecular weight is 501 g/mol. The van der Waals surface area contributed by atoms with Crippen LogP contribution in [0.1, 0.15) is 56.1 Å². The summed E-state index contributed by atoms with van der Waals surface area (Å²) < 4.78 is 66.5. The van der Waals surface area contributed by atoms with Crippen LogP contribution in [0, 0.1) is 24.2 Å². The number of hydrogen-bond acceptors (Lipinski definition) is 6. The third kappa shape index (κ3) is 4.90. The van der Waals surface area contributed by atoms with Crippen molar-refractivity contribution in [3.63, 3.8) is 0 Å². The Morgan fingerprint density at radius 2 is 1.74 bits per heavy atom. The van der Waals surface area contributed by atoms with E-state index in [2.05, 4.69) is 31.2 Å². The second-order valence-electron chi connectivity index (χ2n) is 10.5. The number of alkyl halides is 2. The third-order valence-electron chi connectivity index (χ3n) is 7.73. The molecule has 4 aliphatic carbocycles. The molecule has 4 fully saturated rings. The number of ether oxygens (including phenoxy) is 2. The lowest BCUT2D eigenvalue weighted by molar-refractivity contribution is -0.162. The Labute approximate surface area is 197 Å². The van der Waals surface area contributed by atoms with Crippen LogP contribution in [0.4, 0.5) is 8.78 Å². The maximum atomic E-state index is 13.2. The molecule has 0 aromatic heterocycles. The zero-order chi connectivity index (χ0) is 24.8. The minimum Gasteiger partial charge on any atom is -0.463 e. The number of rotatable bonds is 10. The quantitative estimate of drug-likeness (QED) is 0.296. The van der Waals surface area contributed by atoms with E-state index in [-0.39, 0.29) is 17.4 Å². The molecule has 1 aromatic carbocycles. The van der Waals surface area contributed by atoms with Crippen molar-refractivity contribution in [3.05, 3.63) is 35.4 Å². The summed E-state index contributed by atoms with van der Waals surface area (Å²) in [4.78, 5) is 23.5. The van der Waals surface area contributed by atoms with Crippen molar-refractivity contribution in [1.29, 1.82) is 0 Å². The molecule has 1 N–H and O–H groups in total. The van der Waals surface area contributed by atoms with E-state index in [0.29, 0.717) is 11.8 Å². The number of hydrogen-bond donors (Lipinski definition) is 1. The zero-order valence-corrected chi connectivity index (χ0v) is 19.9. The van der Waals surface area contributed by atoms with Gasteiger partial charge in [0.25, 0.3) is 0 Å². The molecule has 1 aromatic rings. The molecule has 5 rings (SSSR count). The van der Waals surface area contributed by atoms with Gasteiger partial charge in [0.15, 0.2) is 0 Å². The Morgan fingerprint density at radius 1 is 1.12 bits per heavy atom. The Balaban J connectivity index is 1.29. The van der Waals surface area contributed by atoms with Gasteiger partial charge < -0.3 is 9.47 Å². The fourth-order valence-corrected chi connectivity index (χ4v) is 7.14. The van der Waals surface area contributed by atoms with Gasteiger partial charge >= 0.3 is 21.3 Å². The van der Waals surface area contributed by atoms with Crippen LogP contribution in [-0.2, 0) is 34.6 Å². The highest BCUT2D eigenvalue weighted by Crippen LogP contribution is 2.65. The number of halogens is 2.